The predicted octanol–water partition coefficient (Wildman–Crippen LogP) is 3.91. The molecule has 126 valence electrons. The van der Waals surface area contributed by atoms with Crippen LogP contribution in [0, 0.1) is 6.92 Å². The van der Waals surface area contributed by atoms with E-state index in [4.69, 9.17) is 4.42 Å². The van der Waals surface area contributed by atoms with Crippen molar-refractivity contribution in [2.75, 3.05) is 0 Å². The van der Waals surface area contributed by atoms with Crippen LogP contribution >= 0.6 is 0 Å². The summed E-state index contributed by atoms with van der Waals surface area (Å²) in [7, 11) is 0. The summed E-state index contributed by atoms with van der Waals surface area (Å²) in [6.45, 7) is 4.49. The van der Waals surface area contributed by atoms with Crippen LogP contribution in [0.2, 0.25) is 0 Å². The monoisotopic (exact) mass is 333 g/mol. The van der Waals surface area contributed by atoms with Crippen LogP contribution in [0.15, 0.2) is 59.3 Å². The van der Waals surface area contributed by atoms with Crippen LogP contribution in [0.1, 0.15) is 23.0 Å². The molecule has 2 heterocycles. The van der Waals surface area contributed by atoms with Gasteiger partial charge >= 0.3 is 0 Å². The molecule has 5 heteroatoms. The van der Waals surface area contributed by atoms with Gasteiger partial charge in [0.2, 0.25) is 0 Å². The van der Waals surface area contributed by atoms with Gasteiger partial charge in [-0.1, -0.05) is 36.4 Å². The van der Waals surface area contributed by atoms with E-state index in [0.717, 1.165) is 27.3 Å². The molecule has 0 aliphatic heterocycles. The standard InChI is InChI=1S/C20H19N3O2/c1-13(12-23-11-5-10-21-23)22-20(24)18-14(2)16-9-8-15-6-3-4-7-17(15)19(16)25-18/h3-11,13H,12H2,1-2H3,(H,22,24)/t13-/m1/s1. The first-order chi connectivity index (χ1) is 12.1. The molecule has 5 nitrogen and oxygen atoms in total. The molecular formula is C20H19N3O2. The van der Waals surface area contributed by atoms with Gasteiger partial charge < -0.3 is 9.73 Å². The summed E-state index contributed by atoms with van der Waals surface area (Å²) < 4.78 is 7.77. The van der Waals surface area contributed by atoms with Crippen molar-refractivity contribution in [2.24, 2.45) is 0 Å². The molecule has 2 aromatic carbocycles. The van der Waals surface area contributed by atoms with E-state index < -0.39 is 0 Å². The molecule has 0 saturated heterocycles. The fourth-order valence-electron chi connectivity index (χ4n) is 3.19. The molecule has 0 radical (unpaired) electrons. The summed E-state index contributed by atoms with van der Waals surface area (Å²) in [6, 6.07) is 13.9. The Morgan fingerprint density at radius 2 is 2.04 bits per heavy atom. The predicted molar refractivity (Wildman–Crippen MR) is 97.6 cm³/mol. The quantitative estimate of drug-likeness (QED) is 0.616. The smallest absolute Gasteiger partial charge is 0.287 e. The minimum absolute atomic E-state index is 0.0586. The molecule has 1 N–H and O–H groups in total. The van der Waals surface area contributed by atoms with Crippen molar-refractivity contribution in [1.29, 1.82) is 0 Å². The van der Waals surface area contributed by atoms with Gasteiger partial charge in [-0.05, 0) is 25.3 Å². The molecule has 25 heavy (non-hydrogen) atoms. The van der Waals surface area contributed by atoms with Crippen LogP contribution in [-0.2, 0) is 6.54 Å². The highest BCUT2D eigenvalue weighted by Crippen LogP contribution is 2.31. The number of benzene rings is 2. The third-order valence-electron chi connectivity index (χ3n) is 4.43. The molecule has 2 aromatic heterocycles. The molecule has 0 unspecified atom stereocenters. The summed E-state index contributed by atoms with van der Waals surface area (Å²) in [6.07, 6.45) is 3.60. The number of rotatable bonds is 4. The zero-order valence-corrected chi connectivity index (χ0v) is 14.2. The lowest BCUT2D eigenvalue weighted by molar-refractivity contribution is 0.0909. The molecule has 1 amide bonds. The molecule has 4 aromatic rings. The van der Waals surface area contributed by atoms with Crippen molar-refractivity contribution in [3.63, 3.8) is 0 Å². The number of aryl methyl sites for hydroxylation is 1. The van der Waals surface area contributed by atoms with E-state index in [1.54, 1.807) is 10.9 Å². The fourth-order valence-corrected chi connectivity index (χ4v) is 3.19. The fraction of sp³-hybridized carbons (Fsp3) is 0.200. The average molecular weight is 333 g/mol. The number of nitrogens with zero attached hydrogens (tertiary/aromatic N) is 2. The summed E-state index contributed by atoms with van der Waals surface area (Å²) in [5, 5.41) is 10.3. The first-order valence-electron chi connectivity index (χ1n) is 8.32. The Hall–Kier alpha value is -3.08. The largest absolute Gasteiger partial charge is 0.450 e. The number of aromatic nitrogens is 2. The number of hydrogen-bond acceptors (Lipinski definition) is 3. The minimum atomic E-state index is -0.197. The number of carbonyl (C=O) groups excluding carboxylic acids is 1. The Bertz CT molecular complexity index is 1050. The molecule has 0 bridgehead atoms. The molecule has 0 aliphatic rings. The third-order valence-corrected chi connectivity index (χ3v) is 4.43. The van der Waals surface area contributed by atoms with E-state index in [9.17, 15) is 4.79 Å². The Balaban J connectivity index is 1.65. The summed E-state index contributed by atoms with van der Waals surface area (Å²) in [5.74, 6) is 0.177. The number of hydrogen-bond donors (Lipinski definition) is 1. The normalized spacial score (nSPS) is 12.6. The van der Waals surface area contributed by atoms with E-state index in [1.807, 2.05) is 56.4 Å². The number of furan rings is 1. The molecule has 0 fully saturated rings. The maximum Gasteiger partial charge on any atom is 0.287 e. The van der Waals surface area contributed by atoms with Crippen molar-refractivity contribution < 1.29 is 9.21 Å². The van der Waals surface area contributed by atoms with Crippen molar-refractivity contribution in [1.82, 2.24) is 15.1 Å². The molecule has 4 rings (SSSR count). The van der Waals surface area contributed by atoms with Crippen molar-refractivity contribution in [3.05, 3.63) is 66.2 Å². The summed E-state index contributed by atoms with van der Waals surface area (Å²) in [4.78, 5) is 12.7. The second-order valence-electron chi connectivity index (χ2n) is 6.32. The number of fused-ring (bicyclic) bond motifs is 3. The highest BCUT2D eigenvalue weighted by molar-refractivity contribution is 6.08. The van der Waals surface area contributed by atoms with E-state index in [2.05, 4.69) is 16.5 Å². The van der Waals surface area contributed by atoms with Gasteiger partial charge in [0, 0.05) is 34.8 Å². The lowest BCUT2D eigenvalue weighted by atomic mass is 10.1. The van der Waals surface area contributed by atoms with Crippen LogP contribution in [0.5, 0.6) is 0 Å². The first-order valence-corrected chi connectivity index (χ1v) is 8.32. The Labute approximate surface area is 145 Å². The number of carbonyl (C=O) groups is 1. The topological polar surface area (TPSA) is 60.1 Å². The maximum absolute atomic E-state index is 12.7. The minimum Gasteiger partial charge on any atom is -0.450 e. The van der Waals surface area contributed by atoms with Crippen LogP contribution in [0.4, 0.5) is 0 Å². The van der Waals surface area contributed by atoms with Crippen molar-refractivity contribution in [3.8, 4) is 0 Å². The molecule has 0 aliphatic carbocycles. The van der Waals surface area contributed by atoms with E-state index in [-0.39, 0.29) is 11.9 Å². The Morgan fingerprint density at radius 1 is 1.20 bits per heavy atom. The maximum atomic E-state index is 12.7. The van der Waals surface area contributed by atoms with Crippen LogP contribution in [0.3, 0.4) is 0 Å². The summed E-state index contributed by atoms with van der Waals surface area (Å²) in [5.41, 5.74) is 1.63. The second kappa shape index (κ2) is 6.09. The SMILES string of the molecule is Cc1c(C(=O)N[C@H](C)Cn2cccn2)oc2c1ccc1ccccc12. The van der Waals surface area contributed by atoms with Crippen LogP contribution in [0.25, 0.3) is 21.7 Å². The molecule has 0 saturated carbocycles. The van der Waals surface area contributed by atoms with E-state index in [0.29, 0.717) is 12.3 Å². The lowest BCUT2D eigenvalue weighted by Gasteiger charge is -2.13. The van der Waals surface area contributed by atoms with Crippen LogP contribution in [-0.4, -0.2) is 21.7 Å². The molecule has 1 atom stereocenters. The lowest BCUT2D eigenvalue weighted by Crippen LogP contribution is -2.35. The van der Waals surface area contributed by atoms with Gasteiger partial charge in [0.05, 0.1) is 6.54 Å². The second-order valence-corrected chi connectivity index (χ2v) is 6.32. The highest BCUT2D eigenvalue weighted by Gasteiger charge is 2.20. The average Bonchev–Trinajstić information content (AvgIpc) is 3.23. The third kappa shape index (κ3) is 2.78. The van der Waals surface area contributed by atoms with Gasteiger partial charge in [0.25, 0.3) is 5.91 Å². The van der Waals surface area contributed by atoms with Gasteiger partial charge in [-0.3, -0.25) is 9.48 Å². The molecular weight excluding hydrogens is 314 g/mol. The van der Waals surface area contributed by atoms with Gasteiger partial charge in [0.15, 0.2) is 5.76 Å². The Kier molecular flexibility index (Phi) is 3.76. The van der Waals surface area contributed by atoms with Gasteiger partial charge in [-0.15, -0.1) is 0 Å². The first kappa shape index (κ1) is 15.4. The number of nitrogens with one attached hydrogen (secondary N) is 1. The number of amides is 1. The highest BCUT2D eigenvalue weighted by atomic mass is 16.3. The van der Waals surface area contributed by atoms with Crippen molar-refractivity contribution in [2.45, 2.75) is 26.4 Å². The van der Waals surface area contributed by atoms with E-state index in [1.165, 1.54) is 0 Å². The Morgan fingerprint density at radius 3 is 2.84 bits per heavy atom. The van der Waals surface area contributed by atoms with Gasteiger partial charge in [0.1, 0.15) is 5.58 Å². The summed E-state index contributed by atoms with van der Waals surface area (Å²) >= 11 is 0. The van der Waals surface area contributed by atoms with Crippen molar-refractivity contribution >= 4 is 27.6 Å². The zero-order chi connectivity index (χ0) is 17.4. The zero-order valence-electron chi connectivity index (χ0n) is 14.2. The van der Waals surface area contributed by atoms with Crippen LogP contribution < -0.4 is 5.32 Å². The van der Waals surface area contributed by atoms with Gasteiger partial charge in [-0.25, -0.2) is 0 Å². The van der Waals surface area contributed by atoms with E-state index >= 15 is 0 Å². The molecule has 0 spiro atoms. The van der Waals surface area contributed by atoms with Gasteiger partial charge in [-0.2, -0.15) is 5.10 Å².